The molecular formula is C23H21F3N4O3. The summed E-state index contributed by atoms with van der Waals surface area (Å²) in [7, 11) is 0. The predicted octanol–water partition coefficient (Wildman–Crippen LogP) is 4.48. The summed E-state index contributed by atoms with van der Waals surface area (Å²) < 4.78 is 38.4. The lowest BCUT2D eigenvalue weighted by Crippen LogP contribution is -2.35. The average Bonchev–Trinajstić information content (AvgIpc) is 2.78. The summed E-state index contributed by atoms with van der Waals surface area (Å²) in [4.78, 5) is 32.8. The molecule has 1 N–H and O–H groups in total. The van der Waals surface area contributed by atoms with Crippen LogP contribution in [0.25, 0.3) is 11.4 Å². The number of aryl methyl sites for hydroxylation is 1. The predicted molar refractivity (Wildman–Crippen MR) is 116 cm³/mol. The second-order valence-electron chi connectivity index (χ2n) is 7.95. The highest BCUT2D eigenvalue weighted by Gasteiger charge is 2.30. The molecule has 33 heavy (non-hydrogen) atoms. The molecular weight excluding hydrogens is 437 g/mol. The van der Waals surface area contributed by atoms with Crippen molar-refractivity contribution in [1.29, 1.82) is 0 Å². The Morgan fingerprint density at radius 3 is 2.55 bits per heavy atom. The Labute approximate surface area is 187 Å². The molecule has 1 aromatic heterocycles. The van der Waals surface area contributed by atoms with E-state index in [1.807, 2.05) is 17.9 Å². The molecule has 0 bridgehead atoms. The summed E-state index contributed by atoms with van der Waals surface area (Å²) in [5, 5.41) is 11.3. The Morgan fingerprint density at radius 1 is 1.18 bits per heavy atom. The van der Waals surface area contributed by atoms with E-state index in [-0.39, 0.29) is 22.0 Å². The molecule has 0 saturated carbocycles. The number of nitro benzene ring substituents is 1. The van der Waals surface area contributed by atoms with E-state index in [0.717, 1.165) is 17.7 Å². The topological polar surface area (TPSA) is 92.1 Å². The minimum Gasteiger partial charge on any atom is -0.306 e. The first kappa shape index (κ1) is 22.7. The highest BCUT2D eigenvalue weighted by molar-refractivity contribution is 5.56. The lowest BCUT2D eigenvalue weighted by atomic mass is 10.0. The van der Waals surface area contributed by atoms with Gasteiger partial charge in [0.05, 0.1) is 21.7 Å². The molecule has 0 aliphatic carbocycles. The number of fused-ring (bicyclic) bond motifs is 1. The Kier molecular flexibility index (Phi) is 6.03. The molecule has 0 unspecified atom stereocenters. The molecule has 10 heteroatoms. The van der Waals surface area contributed by atoms with E-state index in [2.05, 4.69) is 9.97 Å². The lowest BCUT2D eigenvalue weighted by molar-refractivity contribution is -0.385. The zero-order chi connectivity index (χ0) is 23.8. The Morgan fingerprint density at radius 2 is 1.91 bits per heavy atom. The van der Waals surface area contributed by atoms with Gasteiger partial charge in [0.25, 0.3) is 11.2 Å². The number of nitrogens with zero attached hydrogens (tertiary/aromatic N) is 3. The van der Waals surface area contributed by atoms with Gasteiger partial charge in [-0.05, 0) is 24.1 Å². The normalized spacial score (nSPS) is 14.2. The van der Waals surface area contributed by atoms with Crippen LogP contribution in [-0.4, -0.2) is 26.3 Å². The van der Waals surface area contributed by atoms with Crippen LogP contribution < -0.4 is 5.56 Å². The summed E-state index contributed by atoms with van der Waals surface area (Å²) in [6.45, 7) is 3.24. The molecule has 0 amide bonds. The van der Waals surface area contributed by atoms with E-state index >= 15 is 0 Å². The van der Waals surface area contributed by atoms with E-state index in [0.29, 0.717) is 54.9 Å². The van der Waals surface area contributed by atoms with Crippen LogP contribution in [0.3, 0.4) is 0 Å². The minimum absolute atomic E-state index is 0.0908. The first-order valence-electron chi connectivity index (χ1n) is 10.4. The number of hydrogen-bond donors (Lipinski definition) is 1. The van der Waals surface area contributed by atoms with Crippen molar-refractivity contribution >= 4 is 5.69 Å². The molecule has 0 spiro atoms. The van der Waals surface area contributed by atoms with E-state index < -0.39 is 11.7 Å². The second-order valence-corrected chi connectivity index (χ2v) is 7.95. The molecule has 2 aromatic carbocycles. The molecule has 4 rings (SSSR count). The maximum atomic E-state index is 12.8. The van der Waals surface area contributed by atoms with Crippen molar-refractivity contribution in [3.8, 4) is 11.4 Å². The zero-order valence-electron chi connectivity index (χ0n) is 17.8. The maximum absolute atomic E-state index is 12.8. The number of halogens is 3. The molecule has 1 aliphatic rings. The Bertz CT molecular complexity index is 1250. The van der Waals surface area contributed by atoms with E-state index in [1.54, 1.807) is 12.1 Å². The number of benzene rings is 2. The number of aromatic nitrogens is 2. The Hall–Kier alpha value is -3.53. The van der Waals surface area contributed by atoms with Crippen LogP contribution in [0.4, 0.5) is 18.9 Å². The van der Waals surface area contributed by atoms with Crippen LogP contribution in [0.5, 0.6) is 0 Å². The standard InChI is InChI=1S/C23H21F3N4O3/c1-2-15-4-3-14(11-20(15)30(32)33)12-29-10-9-19-18(13-29)22(31)28-21(27-19)16-5-7-17(8-6-16)23(24,25)26/h3-8,11H,2,9-10,12-13H2,1H3,(H,27,28,31). The van der Waals surface area contributed by atoms with Gasteiger partial charge < -0.3 is 4.98 Å². The average molecular weight is 458 g/mol. The number of nitro groups is 1. The monoisotopic (exact) mass is 458 g/mol. The van der Waals surface area contributed by atoms with Crippen molar-refractivity contribution in [3.05, 3.63) is 90.9 Å². The first-order valence-corrected chi connectivity index (χ1v) is 10.4. The van der Waals surface area contributed by atoms with Crippen LogP contribution in [0.15, 0.2) is 47.3 Å². The largest absolute Gasteiger partial charge is 0.416 e. The molecule has 0 atom stereocenters. The summed E-state index contributed by atoms with van der Waals surface area (Å²) in [6.07, 6.45) is -3.38. The molecule has 0 saturated heterocycles. The second kappa shape index (κ2) is 8.78. The van der Waals surface area contributed by atoms with Crippen molar-refractivity contribution in [1.82, 2.24) is 14.9 Å². The zero-order valence-corrected chi connectivity index (χ0v) is 17.8. The van der Waals surface area contributed by atoms with Crippen molar-refractivity contribution in [2.45, 2.75) is 39.0 Å². The smallest absolute Gasteiger partial charge is 0.306 e. The van der Waals surface area contributed by atoms with Crippen molar-refractivity contribution < 1.29 is 18.1 Å². The number of rotatable bonds is 5. The lowest BCUT2D eigenvalue weighted by Gasteiger charge is -2.27. The third kappa shape index (κ3) is 4.80. The highest BCUT2D eigenvalue weighted by Crippen LogP contribution is 2.30. The summed E-state index contributed by atoms with van der Waals surface area (Å²) in [5.41, 5.74) is 1.94. The van der Waals surface area contributed by atoms with Crippen LogP contribution in [-0.2, 0) is 32.1 Å². The number of hydrogen-bond acceptors (Lipinski definition) is 5. The molecule has 172 valence electrons. The van der Waals surface area contributed by atoms with Gasteiger partial charge in [0.1, 0.15) is 5.82 Å². The van der Waals surface area contributed by atoms with E-state index in [9.17, 15) is 28.1 Å². The summed E-state index contributed by atoms with van der Waals surface area (Å²) >= 11 is 0. The van der Waals surface area contributed by atoms with Gasteiger partial charge in [-0.25, -0.2) is 4.98 Å². The van der Waals surface area contributed by atoms with Gasteiger partial charge >= 0.3 is 6.18 Å². The molecule has 0 fully saturated rings. The van der Waals surface area contributed by atoms with Crippen LogP contribution >= 0.6 is 0 Å². The van der Waals surface area contributed by atoms with Gasteiger partial charge in [0, 0.05) is 43.2 Å². The highest BCUT2D eigenvalue weighted by atomic mass is 19.4. The third-order valence-electron chi connectivity index (χ3n) is 5.77. The van der Waals surface area contributed by atoms with Crippen LogP contribution in [0.2, 0.25) is 0 Å². The minimum atomic E-state index is -4.43. The van der Waals surface area contributed by atoms with Crippen LogP contribution in [0, 0.1) is 10.1 Å². The van der Waals surface area contributed by atoms with Crippen molar-refractivity contribution in [2.24, 2.45) is 0 Å². The van der Waals surface area contributed by atoms with Crippen molar-refractivity contribution in [3.63, 3.8) is 0 Å². The van der Waals surface area contributed by atoms with Gasteiger partial charge in [-0.15, -0.1) is 0 Å². The number of alkyl halides is 3. The van der Waals surface area contributed by atoms with Gasteiger partial charge in [0.2, 0.25) is 0 Å². The fraction of sp³-hybridized carbons (Fsp3) is 0.304. The molecule has 0 radical (unpaired) electrons. The third-order valence-corrected chi connectivity index (χ3v) is 5.77. The molecule has 3 aromatic rings. The van der Waals surface area contributed by atoms with E-state index in [1.165, 1.54) is 12.1 Å². The fourth-order valence-electron chi connectivity index (χ4n) is 4.00. The number of H-pyrrole nitrogens is 1. The fourth-order valence-corrected chi connectivity index (χ4v) is 4.00. The van der Waals surface area contributed by atoms with E-state index in [4.69, 9.17) is 0 Å². The van der Waals surface area contributed by atoms with Gasteiger partial charge in [-0.3, -0.25) is 19.8 Å². The molecule has 2 heterocycles. The van der Waals surface area contributed by atoms with Gasteiger partial charge in [-0.2, -0.15) is 13.2 Å². The van der Waals surface area contributed by atoms with Crippen LogP contribution in [0.1, 0.15) is 34.9 Å². The Balaban J connectivity index is 1.54. The SMILES string of the molecule is CCc1ccc(CN2CCc3nc(-c4ccc(C(F)(F)F)cc4)[nH]c(=O)c3C2)cc1[N+](=O)[O-]. The van der Waals surface area contributed by atoms with Crippen molar-refractivity contribution in [2.75, 3.05) is 6.54 Å². The van der Waals surface area contributed by atoms with Gasteiger partial charge in [-0.1, -0.05) is 31.2 Å². The number of aromatic amines is 1. The maximum Gasteiger partial charge on any atom is 0.416 e. The number of nitrogens with one attached hydrogen (secondary N) is 1. The molecule has 1 aliphatic heterocycles. The first-order chi connectivity index (χ1) is 15.7. The molecule has 7 nitrogen and oxygen atoms in total. The summed E-state index contributed by atoms with van der Waals surface area (Å²) in [6, 6.07) is 9.68. The quantitative estimate of drug-likeness (QED) is 0.450. The van der Waals surface area contributed by atoms with Gasteiger partial charge in [0.15, 0.2) is 0 Å². The summed E-state index contributed by atoms with van der Waals surface area (Å²) in [5.74, 6) is 0.228.